The Morgan fingerprint density at radius 3 is 2.77 bits per heavy atom. The number of aryl methyl sites for hydroxylation is 1. The summed E-state index contributed by atoms with van der Waals surface area (Å²) in [4.78, 5) is 32.2. The number of amides is 1. The van der Waals surface area contributed by atoms with Gasteiger partial charge in [0.05, 0.1) is 11.2 Å². The van der Waals surface area contributed by atoms with Crippen molar-refractivity contribution in [2.75, 3.05) is 5.32 Å². The Kier molecular flexibility index (Phi) is 3.93. The number of fused-ring (bicyclic) bond motifs is 2. The van der Waals surface area contributed by atoms with Crippen molar-refractivity contribution in [2.24, 2.45) is 0 Å². The van der Waals surface area contributed by atoms with Gasteiger partial charge in [-0.05, 0) is 49.4 Å². The molecule has 4 aromatic rings. The lowest BCUT2D eigenvalue weighted by Crippen LogP contribution is -2.13. The number of pyridine rings is 2. The minimum Gasteiger partial charge on any atom is -0.358 e. The fraction of sp³-hybridized carbons (Fsp3) is 0.0500. The summed E-state index contributed by atoms with van der Waals surface area (Å²) in [7, 11) is 0. The molecule has 1 amide bonds. The van der Waals surface area contributed by atoms with Crippen LogP contribution in [0, 0.1) is 6.92 Å². The van der Waals surface area contributed by atoms with Gasteiger partial charge < -0.3 is 10.3 Å². The van der Waals surface area contributed by atoms with Gasteiger partial charge in [-0.1, -0.05) is 11.6 Å². The van der Waals surface area contributed by atoms with Crippen LogP contribution >= 0.6 is 11.6 Å². The summed E-state index contributed by atoms with van der Waals surface area (Å²) in [5.74, 6) is -0.306. The fourth-order valence-corrected chi connectivity index (χ4v) is 3.12. The maximum atomic E-state index is 12.7. The number of hydrogen-bond acceptors (Lipinski definition) is 3. The minimum absolute atomic E-state index is 0.118. The van der Waals surface area contributed by atoms with Crippen molar-refractivity contribution < 1.29 is 4.79 Å². The maximum absolute atomic E-state index is 12.7. The van der Waals surface area contributed by atoms with Crippen molar-refractivity contribution in [3.8, 4) is 0 Å². The van der Waals surface area contributed by atoms with E-state index in [9.17, 15) is 9.59 Å². The average Bonchev–Trinajstić information content (AvgIpc) is 2.62. The molecule has 0 saturated carbocycles. The Morgan fingerprint density at radius 1 is 1.08 bits per heavy atom. The second kappa shape index (κ2) is 6.28. The molecule has 0 aliphatic carbocycles. The van der Waals surface area contributed by atoms with E-state index in [1.807, 2.05) is 6.92 Å². The molecule has 6 heteroatoms. The summed E-state index contributed by atoms with van der Waals surface area (Å²) in [6.45, 7) is 1.82. The van der Waals surface area contributed by atoms with Gasteiger partial charge in [0.15, 0.2) is 5.43 Å². The molecular weight excluding hydrogens is 350 g/mol. The molecule has 5 nitrogen and oxygen atoms in total. The van der Waals surface area contributed by atoms with Crippen molar-refractivity contribution >= 4 is 45.0 Å². The summed E-state index contributed by atoms with van der Waals surface area (Å²) in [6.07, 6.45) is 1.62. The fourth-order valence-electron chi connectivity index (χ4n) is 2.94. The molecule has 0 saturated heterocycles. The van der Waals surface area contributed by atoms with E-state index in [2.05, 4.69) is 15.3 Å². The molecule has 0 aliphatic heterocycles. The lowest BCUT2D eigenvalue weighted by Gasteiger charge is -2.09. The Labute approximate surface area is 153 Å². The second-order valence-corrected chi connectivity index (χ2v) is 6.49. The number of carbonyl (C=O) groups excluding carboxylic acids is 1. The molecule has 0 spiro atoms. The highest BCUT2D eigenvalue weighted by Crippen LogP contribution is 2.25. The van der Waals surface area contributed by atoms with Crippen molar-refractivity contribution in [3.63, 3.8) is 0 Å². The van der Waals surface area contributed by atoms with Gasteiger partial charge in [0.1, 0.15) is 0 Å². The number of hydrogen-bond donors (Lipinski definition) is 2. The molecule has 2 heterocycles. The highest BCUT2D eigenvalue weighted by molar-refractivity contribution is 6.31. The molecule has 2 aromatic carbocycles. The van der Waals surface area contributed by atoms with Crippen LogP contribution in [0.2, 0.25) is 5.02 Å². The van der Waals surface area contributed by atoms with Gasteiger partial charge in [0.25, 0.3) is 5.91 Å². The molecule has 2 N–H and O–H groups in total. The number of nitrogens with zero attached hydrogens (tertiary/aromatic N) is 1. The van der Waals surface area contributed by atoms with Gasteiger partial charge in [0.2, 0.25) is 0 Å². The third kappa shape index (κ3) is 2.93. The summed E-state index contributed by atoms with van der Waals surface area (Å²) in [5.41, 5.74) is 3.11. The SMILES string of the molecule is Cc1cc(=O)c2cc(C(=O)Nc3ccnc4ccc(Cl)cc34)ccc2[nH]1. The number of rotatable bonds is 2. The van der Waals surface area contributed by atoms with Gasteiger partial charge in [-0.15, -0.1) is 0 Å². The van der Waals surface area contributed by atoms with E-state index in [1.54, 1.807) is 48.7 Å². The number of benzene rings is 2. The van der Waals surface area contributed by atoms with Gasteiger partial charge >= 0.3 is 0 Å². The van der Waals surface area contributed by atoms with E-state index in [1.165, 1.54) is 6.07 Å². The normalized spacial score (nSPS) is 11.0. The van der Waals surface area contributed by atoms with Crippen LogP contribution < -0.4 is 10.7 Å². The molecule has 26 heavy (non-hydrogen) atoms. The molecular formula is C20H14ClN3O2. The Balaban J connectivity index is 1.74. The van der Waals surface area contributed by atoms with E-state index >= 15 is 0 Å². The van der Waals surface area contributed by atoms with Crippen LogP contribution in [0.15, 0.2) is 59.5 Å². The molecule has 0 fully saturated rings. The number of carbonyl (C=O) groups is 1. The van der Waals surface area contributed by atoms with Gasteiger partial charge in [-0.2, -0.15) is 0 Å². The van der Waals surface area contributed by atoms with E-state index in [0.717, 1.165) is 16.6 Å². The van der Waals surface area contributed by atoms with Crippen molar-refractivity contribution in [1.29, 1.82) is 0 Å². The highest BCUT2D eigenvalue weighted by Gasteiger charge is 2.11. The quantitative estimate of drug-likeness (QED) is 0.558. The summed E-state index contributed by atoms with van der Waals surface area (Å²) < 4.78 is 0. The maximum Gasteiger partial charge on any atom is 0.255 e. The van der Waals surface area contributed by atoms with E-state index in [0.29, 0.717) is 27.2 Å². The molecule has 4 rings (SSSR count). The predicted octanol–water partition coefficient (Wildman–Crippen LogP) is 4.29. The zero-order valence-electron chi connectivity index (χ0n) is 13.8. The lowest BCUT2D eigenvalue weighted by atomic mass is 10.1. The number of anilines is 1. The van der Waals surface area contributed by atoms with Crippen molar-refractivity contribution in [1.82, 2.24) is 9.97 Å². The van der Waals surface area contributed by atoms with Crippen molar-refractivity contribution in [2.45, 2.75) is 6.92 Å². The molecule has 0 aliphatic rings. The van der Waals surface area contributed by atoms with Crippen LogP contribution in [-0.4, -0.2) is 15.9 Å². The van der Waals surface area contributed by atoms with Crippen LogP contribution in [0.25, 0.3) is 21.8 Å². The van der Waals surface area contributed by atoms with E-state index in [-0.39, 0.29) is 11.3 Å². The zero-order valence-corrected chi connectivity index (χ0v) is 14.6. The summed E-state index contributed by atoms with van der Waals surface area (Å²) in [5, 5.41) is 4.67. The first-order valence-corrected chi connectivity index (χ1v) is 8.38. The predicted molar refractivity (Wildman–Crippen MR) is 104 cm³/mol. The minimum atomic E-state index is -0.306. The smallest absolute Gasteiger partial charge is 0.255 e. The average molecular weight is 364 g/mol. The van der Waals surface area contributed by atoms with Crippen LogP contribution in [-0.2, 0) is 0 Å². The van der Waals surface area contributed by atoms with Crippen LogP contribution in [0.4, 0.5) is 5.69 Å². The first-order valence-electron chi connectivity index (χ1n) is 8.00. The van der Waals surface area contributed by atoms with Crippen molar-refractivity contribution in [3.05, 3.63) is 81.2 Å². The summed E-state index contributed by atoms with van der Waals surface area (Å²) in [6, 6.07) is 13.6. The first kappa shape index (κ1) is 16.3. The zero-order chi connectivity index (χ0) is 18.3. The molecule has 0 unspecified atom stereocenters. The van der Waals surface area contributed by atoms with Gasteiger partial charge in [0, 0.05) is 44.8 Å². The second-order valence-electron chi connectivity index (χ2n) is 6.05. The van der Waals surface area contributed by atoms with Crippen LogP contribution in [0.3, 0.4) is 0 Å². The monoisotopic (exact) mass is 363 g/mol. The van der Waals surface area contributed by atoms with E-state index < -0.39 is 0 Å². The Morgan fingerprint density at radius 2 is 1.92 bits per heavy atom. The molecule has 0 radical (unpaired) electrons. The Bertz CT molecular complexity index is 1230. The number of H-pyrrole nitrogens is 1. The topological polar surface area (TPSA) is 74.8 Å². The number of nitrogens with one attached hydrogen (secondary N) is 2. The number of aromatic nitrogens is 2. The lowest BCUT2D eigenvalue weighted by molar-refractivity contribution is 0.102. The summed E-state index contributed by atoms with van der Waals surface area (Å²) >= 11 is 6.06. The first-order chi connectivity index (χ1) is 12.5. The standard InChI is InChI=1S/C20H14ClN3O2/c1-11-8-19(25)15-9-12(2-4-17(15)23-11)20(26)24-18-6-7-22-16-5-3-13(21)10-14(16)18/h2-10H,1H3,(H,23,25)(H,22,24,26). The molecule has 0 atom stereocenters. The third-order valence-corrected chi connectivity index (χ3v) is 4.41. The van der Waals surface area contributed by atoms with E-state index in [4.69, 9.17) is 11.6 Å². The molecule has 2 aromatic heterocycles. The number of aromatic amines is 1. The largest absolute Gasteiger partial charge is 0.358 e. The van der Waals surface area contributed by atoms with Gasteiger partial charge in [-0.3, -0.25) is 14.6 Å². The third-order valence-electron chi connectivity index (χ3n) is 4.18. The van der Waals surface area contributed by atoms with Crippen LogP contribution in [0.1, 0.15) is 16.1 Å². The van der Waals surface area contributed by atoms with Gasteiger partial charge in [-0.25, -0.2) is 0 Å². The highest BCUT2D eigenvalue weighted by atomic mass is 35.5. The number of halogens is 1. The molecule has 0 bridgehead atoms. The van der Waals surface area contributed by atoms with Crippen LogP contribution in [0.5, 0.6) is 0 Å². The molecule has 128 valence electrons. The Hall–Kier alpha value is -3.18.